The molecule has 0 aromatic rings. The van der Waals surface area contributed by atoms with Crippen LogP contribution in [0.2, 0.25) is 0 Å². The molecule has 0 aromatic heterocycles. The maximum Gasteiger partial charge on any atom is 0.326 e. The summed E-state index contributed by atoms with van der Waals surface area (Å²) in [5, 5.41) is 0. The van der Waals surface area contributed by atoms with Crippen LogP contribution < -0.4 is 0 Å². The lowest BCUT2D eigenvalue weighted by Gasteiger charge is -2.23. The molecule has 1 heterocycles. The fourth-order valence-electron chi connectivity index (χ4n) is 2.89. The zero-order valence-electron chi connectivity index (χ0n) is 22.1. The standard InChI is InChI=1S/C22H32N4O12/c1-13-21(33)25(5)7-17(29)35-12-16(28)24(4)10-20(32)38-14(2)22(34)26(6)8-18(30)36-11-15(27)23(3)9-19(31)37-13/h13-14H,7-12H2,1-6H3. The van der Waals surface area contributed by atoms with Crippen LogP contribution >= 0.6 is 0 Å². The molecule has 0 N–H and O–H groups in total. The molecule has 2 atom stereocenters. The van der Waals surface area contributed by atoms with Gasteiger partial charge >= 0.3 is 23.9 Å². The van der Waals surface area contributed by atoms with Crippen LogP contribution in [0, 0.1) is 0 Å². The van der Waals surface area contributed by atoms with Crippen molar-refractivity contribution in [3.63, 3.8) is 0 Å². The smallest absolute Gasteiger partial charge is 0.326 e. The minimum Gasteiger partial charge on any atom is -0.454 e. The van der Waals surface area contributed by atoms with Crippen LogP contribution in [0.4, 0.5) is 0 Å². The fourth-order valence-corrected chi connectivity index (χ4v) is 2.89. The molecular weight excluding hydrogens is 512 g/mol. The summed E-state index contributed by atoms with van der Waals surface area (Å²) in [7, 11) is 4.96. The van der Waals surface area contributed by atoms with Crippen molar-refractivity contribution < 1.29 is 57.3 Å². The van der Waals surface area contributed by atoms with Crippen LogP contribution in [-0.4, -0.2) is 147 Å². The lowest BCUT2D eigenvalue weighted by Crippen LogP contribution is -2.44. The summed E-state index contributed by atoms with van der Waals surface area (Å²) < 4.78 is 19.6. The van der Waals surface area contributed by atoms with Crippen molar-refractivity contribution in [2.75, 3.05) is 67.6 Å². The highest BCUT2D eigenvalue weighted by atomic mass is 16.6. The minimum atomic E-state index is -1.32. The molecular formula is C22H32N4O12. The van der Waals surface area contributed by atoms with E-state index >= 15 is 0 Å². The first-order chi connectivity index (χ1) is 17.6. The zero-order chi connectivity index (χ0) is 29.2. The number of hydrogen-bond donors (Lipinski definition) is 0. The largest absolute Gasteiger partial charge is 0.454 e. The first-order valence-corrected chi connectivity index (χ1v) is 11.3. The van der Waals surface area contributed by atoms with Crippen LogP contribution in [0.5, 0.6) is 0 Å². The molecule has 16 heteroatoms. The number of cyclic esters (lactones) is 4. The Bertz CT molecular complexity index is 892. The van der Waals surface area contributed by atoms with Gasteiger partial charge in [-0.15, -0.1) is 0 Å². The van der Waals surface area contributed by atoms with Gasteiger partial charge in [0.25, 0.3) is 23.6 Å². The molecule has 0 aromatic carbocycles. The summed E-state index contributed by atoms with van der Waals surface area (Å²) in [6, 6.07) is 0. The fraction of sp³-hybridized carbons (Fsp3) is 0.636. The maximum absolute atomic E-state index is 12.4. The number of carbonyl (C=O) groups is 8. The van der Waals surface area contributed by atoms with E-state index in [1.165, 1.54) is 42.0 Å². The summed E-state index contributed by atoms with van der Waals surface area (Å²) in [5.41, 5.74) is 0. The van der Waals surface area contributed by atoms with Crippen LogP contribution in [0.15, 0.2) is 0 Å². The van der Waals surface area contributed by atoms with E-state index < -0.39 is 99.1 Å². The van der Waals surface area contributed by atoms with E-state index in [0.29, 0.717) is 0 Å². The van der Waals surface area contributed by atoms with Crippen molar-refractivity contribution in [1.82, 2.24) is 19.6 Å². The van der Waals surface area contributed by atoms with Crippen molar-refractivity contribution in [1.29, 1.82) is 0 Å². The average Bonchev–Trinajstić information content (AvgIpc) is 2.83. The van der Waals surface area contributed by atoms with E-state index in [9.17, 15) is 38.4 Å². The summed E-state index contributed by atoms with van der Waals surface area (Å²) in [5.74, 6) is -6.82. The lowest BCUT2D eigenvalue weighted by molar-refractivity contribution is -0.165. The third-order valence-electron chi connectivity index (χ3n) is 5.09. The number of carbonyl (C=O) groups excluding carboxylic acids is 8. The van der Waals surface area contributed by atoms with E-state index in [2.05, 4.69) is 0 Å². The van der Waals surface area contributed by atoms with Gasteiger partial charge in [0.2, 0.25) is 0 Å². The number of nitrogens with zero attached hydrogens (tertiary/aromatic N) is 4. The average molecular weight is 545 g/mol. The SMILES string of the molecule is CC1OC(=O)CN(C)C(=O)COC(=O)CN(C)C(=O)C(C)OC(=O)CN(C)C(=O)COC(=O)CN(C)C1=O. The second-order valence-electron chi connectivity index (χ2n) is 8.47. The van der Waals surface area contributed by atoms with E-state index in [4.69, 9.17) is 18.9 Å². The Balaban J connectivity index is 2.98. The molecule has 1 aliphatic heterocycles. The van der Waals surface area contributed by atoms with E-state index in [1.807, 2.05) is 0 Å². The third kappa shape index (κ3) is 10.4. The number of rotatable bonds is 0. The third-order valence-corrected chi connectivity index (χ3v) is 5.09. The Hall–Kier alpha value is -4.24. The normalized spacial score (nSPS) is 23.4. The molecule has 4 amide bonds. The molecule has 16 nitrogen and oxygen atoms in total. The second kappa shape index (κ2) is 14.5. The molecule has 1 saturated heterocycles. The van der Waals surface area contributed by atoms with Gasteiger partial charge in [-0.25, -0.2) is 0 Å². The predicted molar refractivity (Wildman–Crippen MR) is 124 cm³/mol. The van der Waals surface area contributed by atoms with Crippen LogP contribution in [0.1, 0.15) is 13.8 Å². The Kier molecular flexibility index (Phi) is 12.1. The number of ether oxygens (including phenoxy) is 4. The van der Waals surface area contributed by atoms with Crippen molar-refractivity contribution in [2.24, 2.45) is 0 Å². The van der Waals surface area contributed by atoms with Gasteiger partial charge in [0.1, 0.15) is 26.2 Å². The summed E-state index contributed by atoms with van der Waals surface area (Å²) in [6.45, 7) is -1.26. The monoisotopic (exact) mass is 544 g/mol. The van der Waals surface area contributed by atoms with Crippen molar-refractivity contribution in [3.8, 4) is 0 Å². The van der Waals surface area contributed by atoms with E-state index in [0.717, 1.165) is 19.6 Å². The summed E-state index contributed by atoms with van der Waals surface area (Å²) >= 11 is 0. The Labute approximate surface area is 218 Å². The molecule has 2 unspecified atom stereocenters. The molecule has 0 bridgehead atoms. The molecule has 38 heavy (non-hydrogen) atoms. The van der Waals surface area contributed by atoms with Gasteiger partial charge in [-0.2, -0.15) is 0 Å². The second-order valence-corrected chi connectivity index (χ2v) is 8.47. The molecule has 212 valence electrons. The van der Waals surface area contributed by atoms with Gasteiger partial charge in [0, 0.05) is 28.2 Å². The van der Waals surface area contributed by atoms with Crippen LogP contribution in [-0.2, 0) is 57.3 Å². The topological polar surface area (TPSA) is 186 Å². The van der Waals surface area contributed by atoms with Gasteiger partial charge < -0.3 is 38.5 Å². The summed E-state index contributed by atoms with van der Waals surface area (Å²) in [4.78, 5) is 101. The maximum atomic E-state index is 12.4. The lowest BCUT2D eigenvalue weighted by atomic mass is 10.3. The van der Waals surface area contributed by atoms with Crippen LogP contribution in [0.3, 0.4) is 0 Å². The first kappa shape index (κ1) is 31.8. The van der Waals surface area contributed by atoms with E-state index in [1.54, 1.807) is 0 Å². The van der Waals surface area contributed by atoms with Gasteiger partial charge in [0.15, 0.2) is 25.4 Å². The minimum absolute atomic E-state index is 0.573. The van der Waals surface area contributed by atoms with Crippen molar-refractivity contribution in [2.45, 2.75) is 26.1 Å². The van der Waals surface area contributed by atoms with Gasteiger partial charge in [0.05, 0.1) is 0 Å². The molecule has 1 rings (SSSR count). The molecule has 0 spiro atoms. The van der Waals surface area contributed by atoms with Crippen LogP contribution in [0.25, 0.3) is 0 Å². The Morgan fingerprint density at radius 3 is 1.11 bits per heavy atom. The molecule has 1 aliphatic rings. The highest BCUT2D eigenvalue weighted by molar-refractivity contribution is 5.90. The zero-order valence-corrected chi connectivity index (χ0v) is 22.1. The number of esters is 4. The summed E-state index contributed by atoms with van der Waals surface area (Å²) in [6.07, 6.45) is -2.64. The van der Waals surface area contributed by atoms with Crippen molar-refractivity contribution >= 4 is 47.5 Å². The molecule has 0 saturated carbocycles. The van der Waals surface area contributed by atoms with Gasteiger partial charge in [-0.05, 0) is 13.8 Å². The van der Waals surface area contributed by atoms with Gasteiger partial charge in [-0.3, -0.25) is 38.4 Å². The first-order valence-electron chi connectivity index (χ1n) is 11.3. The molecule has 0 radical (unpaired) electrons. The number of likely N-dealkylation sites (N-methyl/N-ethyl adjacent to an activating group) is 4. The Morgan fingerprint density at radius 2 is 0.789 bits per heavy atom. The Morgan fingerprint density at radius 1 is 0.500 bits per heavy atom. The molecule has 1 fully saturated rings. The highest BCUT2D eigenvalue weighted by Crippen LogP contribution is 2.03. The number of hydrogen-bond acceptors (Lipinski definition) is 12. The number of amides is 4. The van der Waals surface area contributed by atoms with Crippen molar-refractivity contribution in [3.05, 3.63) is 0 Å². The predicted octanol–water partition coefficient (Wildman–Crippen LogP) is -3.22. The van der Waals surface area contributed by atoms with E-state index in [-0.39, 0.29) is 0 Å². The van der Waals surface area contributed by atoms with Gasteiger partial charge in [-0.1, -0.05) is 0 Å². The molecule has 0 aliphatic carbocycles. The quantitative estimate of drug-likeness (QED) is 0.220. The highest BCUT2D eigenvalue weighted by Gasteiger charge is 2.27.